The third-order valence-corrected chi connectivity index (χ3v) is 0.811. The lowest BCUT2D eigenvalue weighted by atomic mass is 10.3. The van der Waals surface area contributed by atoms with E-state index < -0.39 is 12.8 Å². The monoisotopic (exact) mass is 133 g/mol. The maximum atomic E-state index is 10.4. The lowest BCUT2D eigenvalue weighted by Gasteiger charge is -1.97. The molecule has 0 rings (SSSR count). The van der Waals surface area contributed by atoms with Crippen LogP contribution in [0.25, 0.3) is 0 Å². The van der Waals surface area contributed by atoms with E-state index in [2.05, 4.69) is 4.74 Å². The van der Waals surface area contributed by atoms with E-state index in [1.54, 1.807) is 0 Å². The van der Waals surface area contributed by atoms with E-state index in [9.17, 15) is 4.79 Å². The Bertz CT molecular complexity index is 84.3. The minimum absolute atomic E-state index is 0.289. The summed E-state index contributed by atoms with van der Waals surface area (Å²) in [6.45, 7) is -0.0655. The summed E-state index contributed by atoms with van der Waals surface area (Å²) in [7, 11) is 0. The summed E-state index contributed by atoms with van der Waals surface area (Å²) in [5.41, 5.74) is 5.10. The predicted molar refractivity (Wildman–Crippen MR) is 31.5 cm³/mol. The van der Waals surface area contributed by atoms with Crippen molar-refractivity contribution in [2.24, 2.45) is 5.73 Å². The number of aliphatic hydroxyl groups is 1. The zero-order valence-corrected chi connectivity index (χ0v) is 5.17. The predicted octanol–water partition coefficient (Wildman–Crippen LogP) is -0.782. The number of esters is 1. The molecular weight excluding hydrogens is 122 g/mol. The number of carbonyl (C=O) groups is 1. The zero-order chi connectivity index (χ0) is 7.11. The molecule has 0 aliphatic rings. The van der Waals surface area contributed by atoms with Crippen molar-refractivity contribution in [3.63, 3.8) is 0 Å². The fourth-order valence-corrected chi connectivity index (χ4v) is 0.391. The van der Waals surface area contributed by atoms with Gasteiger partial charge in [0.15, 0.2) is 6.79 Å². The van der Waals surface area contributed by atoms with Crippen LogP contribution in [0.1, 0.15) is 12.8 Å². The topological polar surface area (TPSA) is 72.6 Å². The Kier molecular flexibility index (Phi) is 5.15. The Morgan fingerprint density at radius 1 is 1.67 bits per heavy atom. The largest absolute Gasteiger partial charge is 0.439 e. The average molecular weight is 133 g/mol. The highest BCUT2D eigenvalue weighted by molar-refractivity contribution is 5.69. The van der Waals surface area contributed by atoms with Gasteiger partial charge in [0.25, 0.3) is 0 Å². The Balaban J connectivity index is 3.06. The third-order valence-electron chi connectivity index (χ3n) is 0.811. The third kappa shape index (κ3) is 5.26. The van der Waals surface area contributed by atoms with Gasteiger partial charge in [0.1, 0.15) is 0 Å². The summed E-state index contributed by atoms with van der Waals surface area (Å²) in [5.74, 6) is -0.400. The molecule has 9 heavy (non-hydrogen) atoms. The summed E-state index contributed by atoms with van der Waals surface area (Å²) in [4.78, 5) is 10.4. The van der Waals surface area contributed by atoms with Gasteiger partial charge in [-0.15, -0.1) is 0 Å². The van der Waals surface area contributed by atoms with Crippen LogP contribution in [0.2, 0.25) is 0 Å². The fourth-order valence-electron chi connectivity index (χ4n) is 0.391. The van der Waals surface area contributed by atoms with E-state index >= 15 is 0 Å². The van der Waals surface area contributed by atoms with Crippen molar-refractivity contribution in [1.29, 1.82) is 0 Å². The van der Waals surface area contributed by atoms with Gasteiger partial charge in [0.2, 0.25) is 0 Å². The van der Waals surface area contributed by atoms with Gasteiger partial charge in [-0.05, 0) is 13.0 Å². The van der Waals surface area contributed by atoms with E-state index in [1.165, 1.54) is 0 Å². The van der Waals surface area contributed by atoms with E-state index in [-0.39, 0.29) is 6.42 Å². The molecule has 54 valence electrons. The van der Waals surface area contributed by atoms with Gasteiger partial charge < -0.3 is 15.6 Å². The highest BCUT2D eigenvalue weighted by atomic mass is 16.6. The van der Waals surface area contributed by atoms with Crippen LogP contribution in [0.15, 0.2) is 0 Å². The summed E-state index contributed by atoms with van der Waals surface area (Å²) in [5, 5.41) is 8.06. The molecule has 0 spiro atoms. The molecule has 0 bridgehead atoms. The van der Waals surface area contributed by atoms with E-state index in [1.807, 2.05) is 0 Å². The Morgan fingerprint density at radius 3 is 2.78 bits per heavy atom. The first kappa shape index (κ1) is 8.39. The number of hydrogen-bond donors (Lipinski definition) is 2. The molecule has 0 saturated carbocycles. The lowest BCUT2D eigenvalue weighted by molar-refractivity contribution is -0.151. The highest BCUT2D eigenvalue weighted by Crippen LogP contribution is 1.88. The van der Waals surface area contributed by atoms with Gasteiger partial charge in [-0.3, -0.25) is 4.79 Å². The number of ether oxygens (including phenoxy) is 1. The first-order chi connectivity index (χ1) is 4.31. The van der Waals surface area contributed by atoms with E-state index in [4.69, 9.17) is 10.8 Å². The van der Waals surface area contributed by atoms with Crippen molar-refractivity contribution in [3.8, 4) is 0 Å². The molecular formula is C5H11NO3. The van der Waals surface area contributed by atoms with Crippen molar-refractivity contribution in [2.75, 3.05) is 13.3 Å². The van der Waals surface area contributed by atoms with Crippen LogP contribution in [0.5, 0.6) is 0 Å². The lowest BCUT2D eigenvalue weighted by Crippen LogP contribution is -2.08. The molecule has 4 nitrogen and oxygen atoms in total. The molecule has 0 aromatic rings. The molecule has 0 radical (unpaired) electrons. The quantitative estimate of drug-likeness (QED) is 0.389. The molecule has 0 heterocycles. The van der Waals surface area contributed by atoms with Gasteiger partial charge in [-0.1, -0.05) is 0 Å². The average Bonchev–Trinajstić information content (AvgIpc) is 1.85. The second-order valence-corrected chi connectivity index (χ2v) is 1.54. The molecule has 0 unspecified atom stereocenters. The van der Waals surface area contributed by atoms with E-state index in [0.29, 0.717) is 13.0 Å². The van der Waals surface area contributed by atoms with Gasteiger partial charge >= 0.3 is 5.97 Å². The van der Waals surface area contributed by atoms with Gasteiger partial charge in [-0.25, -0.2) is 0 Å². The number of hydrogen-bond acceptors (Lipinski definition) is 4. The van der Waals surface area contributed by atoms with Crippen molar-refractivity contribution >= 4 is 5.97 Å². The van der Waals surface area contributed by atoms with Gasteiger partial charge in [0.05, 0.1) is 0 Å². The maximum absolute atomic E-state index is 10.4. The molecule has 0 atom stereocenters. The number of rotatable bonds is 4. The first-order valence-electron chi connectivity index (χ1n) is 2.77. The van der Waals surface area contributed by atoms with Crippen molar-refractivity contribution in [1.82, 2.24) is 0 Å². The zero-order valence-electron chi connectivity index (χ0n) is 5.17. The van der Waals surface area contributed by atoms with Crippen LogP contribution in [-0.4, -0.2) is 24.4 Å². The maximum Gasteiger partial charge on any atom is 0.307 e. The number of aliphatic hydroxyl groups excluding tert-OH is 1. The molecule has 3 N–H and O–H groups in total. The van der Waals surface area contributed by atoms with Crippen LogP contribution in [0, 0.1) is 0 Å². The Morgan fingerprint density at radius 2 is 2.33 bits per heavy atom. The second-order valence-electron chi connectivity index (χ2n) is 1.54. The summed E-state index contributed by atoms with van der Waals surface area (Å²) >= 11 is 0. The molecule has 0 amide bonds. The minimum Gasteiger partial charge on any atom is -0.439 e. The summed E-state index contributed by atoms with van der Waals surface area (Å²) in [6.07, 6.45) is 0.899. The molecule has 4 heteroatoms. The van der Waals surface area contributed by atoms with Crippen molar-refractivity contribution in [2.45, 2.75) is 12.8 Å². The van der Waals surface area contributed by atoms with Crippen molar-refractivity contribution < 1.29 is 14.6 Å². The molecule has 0 aliphatic carbocycles. The van der Waals surface area contributed by atoms with Crippen LogP contribution >= 0.6 is 0 Å². The first-order valence-corrected chi connectivity index (χ1v) is 2.77. The molecule has 0 aromatic carbocycles. The fraction of sp³-hybridized carbons (Fsp3) is 0.800. The van der Waals surface area contributed by atoms with Crippen molar-refractivity contribution in [3.05, 3.63) is 0 Å². The van der Waals surface area contributed by atoms with Crippen LogP contribution in [0.3, 0.4) is 0 Å². The highest BCUT2D eigenvalue weighted by Gasteiger charge is 1.98. The molecule has 0 saturated heterocycles. The Labute approximate surface area is 53.6 Å². The van der Waals surface area contributed by atoms with Crippen LogP contribution in [-0.2, 0) is 9.53 Å². The Hall–Kier alpha value is -0.610. The molecule has 0 fully saturated rings. The van der Waals surface area contributed by atoms with E-state index in [0.717, 1.165) is 0 Å². The minimum atomic E-state index is -0.538. The second kappa shape index (κ2) is 5.53. The molecule has 0 aliphatic heterocycles. The SMILES string of the molecule is NCCCC(=O)OCO. The van der Waals surface area contributed by atoms with Gasteiger partial charge in [0, 0.05) is 6.42 Å². The standard InChI is InChI=1S/C5H11NO3/c6-3-1-2-5(8)9-4-7/h7H,1-4,6H2. The summed E-state index contributed by atoms with van der Waals surface area (Å²) in [6, 6.07) is 0. The number of carbonyl (C=O) groups excluding carboxylic acids is 1. The smallest absolute Gasteiger partial charge is 0.307 e. The summed E-state index contributed by atoms with van der Waals surface area (Å²) < 4.78 is 4.20. The normalized spacial score (nSPS) is 9.11. The van der Waals surface area contributed by atoms with Crippen LogP contribution < -0.4 is 5.73 Å². The van der Waals surface area contributed by atoms with Crippen LogP contribution in [0.4, 0.5) is 0 Å². The number of nitrogens with two attached hydrogens (primary N) is 1. The molecule has 0 aromatic heterocycles. The van der Waals surface area contributed by atoms with Gasteiger partial charge in [-0.2, -0.15) is 0 Å².